The molecule has 0 unspecified atom stereocenters. The predicted molar refractivity (Wildman–Crippen MR) is 201 cm³/mol. The number of nitrogens with zero attached hydrogens (tertiary/aromatic N) is 4. The van der Waals surface area contributed by atoms with E-state index in [0.29, 0.717) is 5.95 Å². The molecule has 228 valence electrons. The highest BCUT2D eigenvalue weighted by Gasteiger charge is 2.23. The molecule has 0 aliphatic rings. The fourth-order valence-corrected chi connectivity index (χ4v) is 7.81. The van der Waals surface area contributed by atoms with Crippen molar-refractivity contribution in [2.75, 3.05) is 0 Å². The van der Waals surface area contributed by atoms with E-state index in [1.807, 2.05) is 24.3 Å². The van der Waals surface area contributed by atoms with Crippen LogP contribution in [0.25, 0.3) is 99.3 Å². The van der Waals surface area contributed by atoms with Crippen molar-refractivity contribution in [3.8, 4) is 22.9 Å². The first-order chi connectivity index (χ1) is 24.3. The normalized spacial score (nSPS) is 12.1. The van der Waals surface area contributed by atoms with Crippen molar-refractivity contribution in [2.45, 2.75) is 0 Å². The van der Waals surface area contributed by atoms with E-state index in [1.165, 1.54) is 10.8 Å². The first-order valence-electron chi connectivity index (χ1n) is 16.5. The topological polar surface area (TPSA) is 48.8 Å². The van der Waals surface area contributed by atoms with Crippen LogP contribution in [-0.4, -0.2) is 19.1 Å². The van der Waals surface area contributed by atoms with Crippen LogP contribution in [0.3, 0.4) is 0 Å². The summed E-state index contributed by atoms with van der Waals surface area (Å²) in [6, 6.07) is 55.3. The summed E-state index contributed by atoms with van der Waals surface area (Å²) in [6.45, 7) is 0. The molecule has 5 heteroatoms. The van der Waals surface area contributed by atoms with E-state index in [2.05, 4.69) is 143 Å². The van der Waals surface area contributed by atoms with Crippen LogP contribution in [0.15, 0.2) is 162 Å². The molecule has 49 heavy (non-hydrogen) atoms. The Kier molecular flexibility index (Phi) is 5.32. The summed E-state index contributed by atoms with van der Waals surface area (Å²) in [6.07, 6.45) is 0. The van der Waals surface area contributed by atoms with Gasteiger partial charge in [-0.05, 0) is 36.4 Å². The highest BCUT2D eigenvalue weighted by atomic mass is 16.3. The lowest BCUT2D eigenvalue weighted by Crippen LogP contribution is -2.04. The smallest absolute Gasteiger partial charge is 0.235 e. The van der Waals surface area contributed by atoms with Gasteiger partial charge in [0.2, 0.25) is 5.95 Å². The Labute approximate surface area is 279 Å². The maximum Gasteiger partial charge on any atom is 0.235 e. The van der Waals surface area contributed by atoms with Crippen molar-refractivity contribution < 1.29 is 4.42 Å². The van der Waals surface area contributed by atoms with Gasteiger partial charge in [0, 0.05) is 49.3 Å². The summed E-state index contributed by atoms with van der Waals surface area (Å²) in [5.41, 5.74) is 10.0. The van der Waals surface area contributed by atoms with Gasteiger partial charge in [0.1, 0.15) is 11.2 Å². The van der Waals surface area contributed by atoms with Crippen LogP contribution in [0, 0.1) is 0 Å². The number of aromatic nitrogens is 4. The van der Waals surface area contributed by atoms with Gasteiger partial charge in [-0.2, -0.15) is 0 Å². The molecule has 0 N–H and O–H groups in total. The van der Waals surface area contributed by atoms with E-state index in [1.54, 1.807) is 0 Å². The molecule has 0 saturated heterocycles. The molecule has 0 atom stereocenters. The monoisotopic (exact) mass is 626 g/mol. The Morgan fingerprint density at radius 3 is 1.76 bits per heavy atom. The number of fused-ring (bicyclic) bond motifs is 11. The Morgan fingerprint density at radius 2 is 0.980 bits per heavy atom. The van der Waals surface area contributed by atoms with Gasteiger partial charge in [0.05, 0.1) is 39.0 Å². The Balaban J connectivity index is 1.31. The SMILES string of the molecule is c1ccc(-c2nc(-n3c4ccccc4c4ccc5c6ccccc6n(-c6ccc7c(c6)oc6ccccc67)c5c43)nc3ccccc23)cc1. The van der Waals surface area contributed by atoms with Gasteiger partial charge in [-0.3, -0.25) is 4.57 Å². The van der Waals surface area contributed by atoms with Crippen molar-refractivity contribution in [2.24, 2.45) is 0 Å². The molecule has 4 aromatic heterocycles. The molecule has 11 rings (SSSR count). The zero-order valence-electron chi connectivity index (χ0n) is 26.2. The minimum atomic E-state index is 0.640. The van der Waals surface area contributed by atoms with Crippen LogP contribution >= 0.6 is 0 Å². The van der Waals surface area contributed by atoms with Crippen LogP contribution in [0.1, 0.15) is 0 Å². The second kappa shape index (κ2) is 9.89. The number of para-hydroxylation sites is 4. The number of rotatable bonds is 3. The molecular weight excluding hydrogens is 601 g/mol. The van der Waals surface area contributed by atoms with Gasteiger partial charge in [-0.15, -0.1) is 0 Å². The standard InChI is InChI=1S/C44H26N4O/c1-2-12-27(13-3-1)41-35-17-4-8-18-36(35)45-44(46-41)48-38-20-10-6-15-30(38)34-25-24-33-29-14-5-9-19-37(29)47(42(33)43(34)48)28-22-23-32-31-16-7-11-21-39(31)49-40(32)26-28/h1-26H. The molecule has 0 aliphatic carbocycles. The predicted octanol–water partition coefficient (Wildman–Crippen LogP) is 11.4. The average Bonchev–Trinajstić information content (AvgIpc) is 3.82. The Bertz CT molecular complexity index is 3110. The molecule has 5 nitrogen and oxygen atoms in total. The van der Waals surface area contributed by atoms with Crippen LogP contribution in [0.2, 0.25) is 0 Å². The lowest BCUT2D eigenvalue weighted by molar-refractivity contribution is 0.668. The van der Waals surface area contributed by atoms with E-state index >= 15 is 0 Å². The highest BCUT2D eigenvalue weighted by molar-refractivity contribution is 6.24. The van der Waals surface area contributed by atoms with Crippen LogP contribution in [0.5, 0.6) is 0 Å². The third-order valence-corrected chi connectivity index (χ3v) is 9.93. The van der Waals surface area contributed by atoms with E-state index in [0.717, 1.165) is 82.6 Å². The molecule has 0 bridgehead atoms. The van der Waals surface area contributed by atoms with Gasteiger partial charge in [0.25, 0.3) is 0 Å². The van der Waals surface area contributed by atoms with Crippen molar-refractivity contribution in [1.29, 1.82) is 0 Å². The molecule has 11 aromatic rings. The third kappa shape index (κ3) is 3.70. The Hall–Kier alpha value is -6.72. The van der Waals surface area contributed by atoms with Gasteiger partial charge in [-0.1, -0.05) is 115 Å². The van der Waals surface area contributed by atoms with E-state index < -0.39 is 0 Å². The fourth-order valence-electron chi connectivity index (χ4n) is 7.81. The molecular formula is C44H26N4O. The average molecular weight is 627 g/mol. The molecule has 0 saturated carbocycles. The van der Waals surface area contributed by atoms with Crippen LogP contribution in [-0.2, 0) is 0 Å². The summed E-state index contributed by atoms with van der Waals surface area (Å²) < 4.78 is 11.0. The van der Waals surface area contributed by atoms with E-state index in [4.69, 9.17) is 14.4 Å². The lowest BCUT2D eigenvalue weighted by atomic mass is 10.1. The summed E-state index contributed by atoms with van der Waals surface area (Å²) in [5.74, 6) is 0.640. The van der Waals surface area contributed by atoms with Gasteiger partial charge in [-0.25, -0.2) is 9.97 Å². The molecule has 0 spiro atoms. The lowest BCUT2D eigenvalue weighted by Gasteiger charge is -2.13. The highest BCUT2D eigenvalue weighted by Crippen LogP contribution is 2.42. The Morgan fingerprint density at radius 1 is 0.408 bits per heavy atom. The largest absolute Gasteiger partial charge is 0.456 e. The molecule has 0 aliphatic heterocycles. The second-order valence-electron chi connectivity index (χ2n) is 12.6. The zero-order valence-corrected chi connectivity index (χ0v) is 26.2. The molecule has 0 amide bonds. The van der Waals surface area contributed by atoms with E-state index in [-0.39, 0.29) is 0 Å². The van der Waals surface area contributed by atoms with Crippen molar-refractivity contribution in [3.05, 3.63) is 158 Å². The third-order valence-electron chi connectivity index (χ3n) is 9.93. The maximum atomic E-state index is 6.40. The van der Waals surface area contributed by atoms with Crippen molar-refractivity contribution >= 4 is 76.5 Å². The molecule has 0 fully saturated rings. The van der Waals surface area contributed by atoms with Gasteiger partial charge >= 0.3 is 0 Å². The minimum Gasteiger partial charge on any atom is -0.456 e. The molecule has 7 aromatic carbocycles. The van der Waals surface area contributed by atoms with Crippen molar-refractivity contribution in [1.82, 2.24) is 19.1 Å². The van der Waals surface area contributed by atoms with E-state index in [9.17, 15) is 0 Å². The quantitative estimate of drug-likeness (QED) is 0.196. The van der Waals surface area contributed by atoms with Crippen molar-refractivity contribution in [3.63, 3.8) is 0 Å². The number of benzene rings is 7. The number of hydrogen-bond acceptors (Lipinski definition) is 3. The summed E-state index contributed by atoms with van der Waals surface area (Å²) in [4.78, 5) is 10.6. The maximum absolute atomic E-state index is 6.40. The number of hydrogen-bond donors (Lipinski definition) is 0. The first-order valence-corrected chi connectivity index (χ1v) is 16.5. The number of furan rings is 1. The van der Waals surface area contributed by atoms with Crippen LogP contribution in [0.4, 0.5) is 0 Å². The minimum absolute atomic E-state index is 0.640. The molecule has 4 heterocycles. The fraction of sp³-hybridized carbons (Fsp3) is 0. The van der Waals surface area contributed by atoms with Gasteiger partial charge < -0.3 is 8.98 Å². The van der Waals surface area contributed by atoms with Gasteiger partial charge in [0.15, 0.2) is 0 Å². The second-order valence-corrected chi connectivity index (χ2v) is 12.6. The summed E-state index contributed by atoms with van der Waals surface area (Å²) in [7, 11) is 0. The molecule has 0 radical (unpaired) electrons. The summed E-state index contributed by atoms with van der Waals surface area (Å²) in [5, 5.41) is 7.91. The summed E-state index contributed by atoms with van der Waals surface area (Å²) >= 11 is 0. The first kappa shape index (κ1) is 26.4. The van der Waals surface area contributed by atoms with Crippen LogP contribution < -0.4 is 0 Å². The zero-order chi connectivity index (χ0) is 32.1.